The van der Waals surface area contributed by atoms with E-state index >= 15 is 0 Å². The third-order valence-corrected chi connectivity index (χ3v) is 9.65. The molecule has 37 heavy (non-hydrogen) atoms. The molecule has 0 saturated carbocycles. The van der Waals surface area contributed by atoms with Gasteiger partial charge in [0.1, 0.15) is 11.7 Å². The van der Waals surface area contributed by atoms with Crippen LogP contribution >= 0.6 is 92.8 Å². The Labute approximate surface area is 249 Å². The lowest BCUT2D eigenvalue weighted by molar-refractivity contribution is 0.100. The molecule has 0 aromatic heterocycles. The average Bonchev–Trinajstić information content (AvgIpc) is 3.28. The van der Waals surface area contributed by atoms with Crippen LogP contribution in [0.25, 0.3) is 0 Å². The van der Waals surface area contributed by atoms with Crippen molar-refractivity contribution < 1.29 is 9.59 Å². The predicted molar refractivity (Wildman–Crippen MR) is 151 cm³/mol. The molecule has 0 bridgehead atoms. The number of carbonyl (C=O) groups excluding carboxylic acids is 2. The number of benzene rings is 3. The zero-order valence-corrected chi connectivity index (χ0v) is 24.0. The number of anilines is 2. The smallest absolute Gasteiger partial charge is 0.266 e. The van der Waals surface area contributed by atoms with Gasteiger partial charge >= 0.3 is 0 Å². The first kappa shape index (κ1) is 26.9. The van der Waals surface area contributed by atoms with Gasteiger partial charge in [-0.1, -0.05) is 98.9 Å². The number of amides is 2. The fourth-order valence-electron chi connectivity index (χ4n) is 4.32. The summed E-state index contributed by atoms with van der Waals surface area (Å²) < 4.78 is 0. The molecule has 3 aromatic carbocycles. The van der Waals surface area contributed by atoms with Gasteiger partial charge in [0, 0.05) is 0 Å². The lowest BCUT2D eigenvalue weighted by atomic mass is 10.1. The number of nitrogens with zero attached hydrogens (tertiary/aromatic N) is 2. The number of carbonyl (C=O) groups is 2. The van der Waals surface area contributed by atoms with Crippen molar-refractivity contribution in [1.82, 2.24) is 0 Å². The first-order valence-electron chi connectivity index (χ1n) is 10.0. The number of fused-ring (bicyclic) bond motifs is 2. The van der Waals surface area contributed by atoms with E-state index in [0.717, 1.165) is 9.80 Å². The summed E-state index contributed by atoms with van der Waals surface area (Å²) in [7, 11) is 0. The summed E-state index contributed by atoms with van der Waals surface area (Å²) >= 11 is 49.9. The van der Waals surface area contributed by atoms with Gasteiger partial charge in [-0.2, -0.15) is 0 Å². The molecule has 0 radical (unpaired) electrons. The molecule has 0 aliphatic carbocycles. The largest absolute Gasteiger partial charge is 0.283 e. The molecule has 0 unspecified atom stereocenters. The Morgan fingerprint density at radius 3 is 1.16 bits per heavy atom. The van der Waals surface area contributed by atoms with Crippen molar-refractivity contribution in [3.63, 3.8) is 0 Å². The van der Waals surface area contributed by atoms with Crippen LogP contribution in [0, 0.1) is 17.7 Å². The molecule has 6 nitrogen and oxygen atoms in total. The van der Waals surface area contributed by atoms with E-state index in [9.17, 15) is 9.59 Å². The van der Waals surface area contributed by atoms with E-state index in [4.69, 9.17) is 104 Å². The number of rotatable bonds is 2. The minimum absolute atomic E-state index is 0.0242. The molecule has 2 heterocycles. The Hall–Kier alpha value is -1.74. The standard InChI is InChI=1S/C23H8Cl8N4O2/c1-5-6(34-20(32)8-10(22(34)36)14(26)18(30)16(28)12(8)24)3-2-4-7(5)35-21(33)9-11(23(35)37)15(27)19(31)17(29)13(9)25/h2-4,32-33H,1H3. The van der Waals surface area contributed by atoms with Crippen molar-refractivity contribution in [2.45, 2.75) is 6.92 Å². The summed E-state index contributed by atoms with van der Waals surface area (Å²) in [6, 6.07) is 4.68. The normalized spacial score (nSPS) is 14.7. The van der Waals surface area contributed by atoms with Crippen LogP contribution in [0.4, 0.5) is 11.4 Å². The Kier molecular flexibility index (Phi) is 6.66. The highest BCUT2D eigenvalue weighted by molar-refractivity contribution is 6.58. The minimum Gasteiger partial charge on any atom is -0.283 e. The molecule has 0 saturated heterocycles. The van der Waals surface area contributed by atoms with E-state index in [-0.39, 0.29) is 85.5 Å². The highest BCUT2D eigenvalue weighted by Crippen LogP contribution is 2.48. The number of hydrogen-bond donors (Lipinski definition) is 2. The van der Waals surface area contributed by atoms with E-state index in [2.05, 4.69) is 0 Å². The number of nitrogens with one attached hydrogen (secondary N) is 2. The fraction of sp³-hybridized carbons (Fsp3) is 0.0435. The Bertz CT molecular complexity index is 1460. The summed E-state index contributed by atoms with van der Waals surface area (Å²) in [5.41, 5.74) is 0.730. The van der Waals surface area contributed by atoms with Crippen LogP contribution in [0.1, 0.15) is 37.4 Å². The molecule has 2 N–H and O–H groups in total. The van der Waals surface area contributed by atoms with Crippen molar-refractivity contribution in [2.75, 3.05) is 9.80 Å². The van der Waals surface area contributed by atoms with Gasteiger partial charge in [0.15, 0.2) is 0 Å². The zero-order chi connectivity index (χ0) is 27.2. The molecular weight excluding hydrogens is 648 g/mol. The highest BCUT2D eigenvalue weighted by atomic mass is 35.5. The summed E-state index contributed by atoms with van der Waals surface area (Å²) in [5, 5.41) is 16.5. The quantitative estimate of drug-likeness (QED) is 0.213. The first-order valence-corrected chi connectivity index (χ1v) is 13.0. The van der Waals surface area contributed by atoms with Crippen LogP contribution in [-0.4, -0.2) is 23.5 Å². The molecule has 0 fully saturated rings. The molecule has 0 spiro atoms. The minimum atomic E-state index is -0.665. The molecule has 2 aliphatic heterocycles. The molecule has 2 aliphatic rings. The molecular formula is C23H8Cl8N4O2. The van der Waals surface area contributed by atoms with Gasteiger partial charge < -0.3 is 0 Å². The number of hydrogen-bond acceptors (Lipinski definition) is 4. The average molecular weight is 656 g/mol. The third kappa shape index (κ3) is 3.55. The highest BCUT2D eigenvalue weighted by Gasteiger charge is 2.43. The van der Waals surface area contributed by atoms with Gasteiger partial charge in [0.05, 0.1) is 73.8 Å². The zero-order valence-electron chi connectivity index (χ0n) is 18.0. The Morgan fingerprint density at radius 1 is 0.541 bits per heavy atom. The van der Waals surface area contributed by atoms with Crippen LogP contribution in [0.15, 0.2) is 18.2 Å². The molecule has 5 rings (SSSR count). The summed E-state index contributed by atoms with van der Waals surface area (Å²) in [5.74, 6) is -1.91. The number of halogens is 8. The van der Waals surface area contributed by atoms with Gasteiger partial charge in [-0.05, 0) is 24.6 Å². The third-order valence-electron chi connectivity index (χ3n) is 6.05. The van der Waals surface area contributed by atoms with Crippen LogP contribution < -0.4 is 9.80 Å². The van der Waals surface area contributed by atoms with E-state index in [1.807, 2.05) is 0 Å². The maximum atomic E-state index is 13.5. The molecule has 2 amide bonds. The SMILES string of the molecule is Cc1c(N2C(=N)c3c(Cl)c(Cl)c(Cl)c(Cl)c3C2=O)cccc1N1C(=N)c2c(Cl)c(Cl)c(Cl)c(Cl)c2C1=O. The maximum Gasteiger partial charge on any atom is 0.266 e. The van der Waals surface area contributed by atoms with Crippen molar-refractivity contribution in [3.8, 4) is 0 Å². The molecule has 0 atom stereocenters. The van der Waals surface area contributed by atoms with Crippen LogP contribution in [0.2, 0.25) is 40.2 Å². The van der Waals surface area contributed by atoms with E-state index < -0.39 is 11.8 Å². The van der Waals surface area contributed by atoms with E-state index in [0.29, 0.717) is 5.56 Å². The van der Waals surface area contributed by atoms with Crippen molar-refractivity contribution in [3.05, 3.63) is 86.2 Å². The van der Waals surface area contributed by atoms with Crippen molar-refractivity contribution >= 4 is 128 Å². The van der Waals surface area contributed by atoms with Crippen molar-refractivity contribution in [1.29, 1.82) is 10.8 Å². The lowest BCUT2D eigenvalue weighted by Gasteiger charge is -2.24. The summed E-state index contributed by atoms with van der Waals surface area (Å²) in [4.78, 5) is 29.0. The van der Waals surface area contributed by atoms with Crippen LogP contribution in [0.5, 0.6) is 0 Å². The van der Waals surface area contributed by atoms with E-state index in [1.165, 1.54) is 0 Å². The molecule has 188 valence electrons. The Balaban J connectivity index is 1.66. The van der Waals surface area contributed by atoms with Gasteiger partial charge in [0.25, 0.3) is 11.8 Å². The second kappa shape index (κ2) is 9.18. The first-order chi connectivity index (χ1) is 17.3. The van der Waals surface area contributed by atoms with Gasteiger partial charge in [-0.15, -0.1) is 0 Å². The van der Waals surface area contributed by atoms with Crippen molar-refractivity contribution in [2.24, 2.45) is 0 Å². The van der Waals surface area contributed by atoms with Crippen LogP contribution in [-0.2, 0) is 0 Å². The van der Waals surface area contributed by atoms with Gasteiger partial charge in [-0.3, -0.25) is 30.2 Å². The number of amidine groups is 2. The summed E-state index contributed by atoms with van der Waals surface area (Å²) in [6.45, 7) is 1.62. The molecule has 3 aromatic rings. The Morgan fingerprint density at radius 2 is 0.838 bits per heavy atom. The maximum absolute atomic E-state index is 13.5. The lowest BCUT2D eigenvalue weighted by Crippen LogP contribution is -2.33. The summed E-state index contributed by atoms with van der Waals surface area (Å²) in [6.07, 6.45) is 0. The van der Waals surface area contributed by atoms with Gasteiger partial charge in [-0.25, -0.2) is 0 Å². The van der Waals surface area contributed by atoms with E-state index in [1.54, 1.807) is 25.1 Å². The van der Waals surface area contributed by atoms with Gasteiger partial charge in [0.2, 0.25) is 0 Å². The predicted octanol–water partition coefficient (Wildman–Crippen LogP) is 9.19. The second-order valence-electron chi connectivity index (χ2n) is 7.91. The molecule has 14 heteroatoms. The topological polar surface area (TPSA) is 88.3 Å². The fourth-order valence-corrected chi connectivity index (χ4v) is 6.36. The van der Waals surface area contributed by atoms with Crippen LogP contribution in [0.3, 0.4) is 0 Å². The second-order valence-corrected chi connectivity index (χ2v) is 10.9. The monoisotopic (exact) mass is 652 g/mol.